The molecule has 0 heterocycles. The molecular weight excluding hydrogens is 594 g/mol. The molecule has 2 unspecified atom stereocenters. The Morgan fingerprint density at radius 2 is 1.02 bits per heavy atom. The lowest BCUT2D eigenvalue weighted by Gasteiger charge is -2.24. The molecule has 0 aromatic heterocycles. The molecule has 0 aliphatic heterocycles. The topological polar surface area (TPSA) is 75.3 Å². The van der Waals surface area contributed by atoms with E-state index in [9.17, 15) is 14.7 Å². The van der Waals surface area contributed by atoms with Crippen LogP contribution in [0.15, 0.2) is 42.5 Å². The number of nitrogens with one attached hydrogen (secondary N) is 1. The predicted molar refractivity (Wildman–Crippen MR) is 203 cm³/mol. The minimum absolute atomic E-state index is 0.134. The van der Waals surface area contributed by atoms with Crippen LogP contribution < -0.4 is 5.32 Å². The molecule has 0 fully saturated rings. The van der Waals surface area contributed by atoms with Crippen molar-refractivity contribution in [3.8, 4) is 0 Å². The molecule has 0 spiro atoms. The van der Waals surface area contributed by atoms with Crippen molar-refractivity contribution < 1.29 is 19.4 Å². The molecular formula is C43H74NO4. The molecule has 1 aromatic carbocycles. The third kappa shape index (κ3) is 25.8. The van der Waals surface area contributed by atoms with Crippen LogP contribution >= 0.6 is 0 Å². The maximum Gasteiger partial charge on any atom is 0.338 e. The summed E-state index contributed by atoms with van der Waals surface area (Å²) in [6.45, 7) is 3.99. The molecule has 5 nitrogen and oxygen atoms in total. The van der Waals surface area contributed by atoms with Crippen molar-refractivity contribution in [1.82, 2.24) is 5.32 Å². The maximum atomic E-state index is 12.9. The lowest BCUT2D eigenvalue weighted by molar-refractivity contribution is -0.123. The van der Waals surface area contributed by atoms with Crippen LogP contribution in [0.2, 0.25) is 0 Å². The van der Waals surface area contributed by atoms with Crippen molar-refractivity contribution >= 4 is 11.9 Å². The van der Waals surface area contributed by atoms with Crippen LogP contribution in [0.5, 0.6) is 0 Å². The van der Waals surface area contributed by atoms with E-state index in [0.717, 1.165) is 32.1 Å². The molecule has 1 amide bonds. The molecule has 1 rings (SSSR count). The van der Waals surface area contributed by atoms with E-state index in [0.29, 0.717) is 12.0 Å². The Kier molecular flexibility index (Phi) is 30.5. The lowest BCUT2D eigenvalue weighted by Crippen LogP contribution is -2.46. The zero-order valence-electron chi connectivity index (χ0n) is 31.3. The van der Waals surface area contributed by atoms with Gasteiger partial charge in [-0.2, -0.15) is 0 Å². The smallest absolute Gasteiger partial charge is 0.338 e. The first-order valence-corrected chi connectivity index (χ1v) is 20.4. The van der Waals surface area contributed by atoms with Gasteiger partial charge in [-0.1, -0.05) is 192 Å². The normalized spacial score (nSPS) is 12.7. The zero-order chi connectivity index (χ0) is 34.8. The molecule has 2 atom stereocenters. The number of ether oxygens (including phenoxy) is 1. The second-order valence-electron chi connectivity index (χ2n) is 14.0. The summed E-state index contributed by atoms with van der Waals surface area (Å²) in [5.74, 6) is -0.611. The van der Waals surface area contributed by atoms with Gasteiger partial charge in [0.05, 0.1) is 11.6 Å². The summed E-state index contributed by atoms with van der Waals surface area (Å²) in [5.41, 5.74) is 0.440. The van der Waals surface area contributed by atoms with Gasteiger partial charge in [0.2, 0.25) is 5.91 Å². The van der Waals surface area contributed by atoms with Gasteiger partial charge >= 0.3 is 5.97 Å². The van der Waals surface area contributed by atoms with Gasteiger partial charge in [-0.3, -0.25) is 4.79 Å². The minimum atomic E-state index is -0.784. The monoisotopic (exact) mass is 669 g/mol. The fourth-order valence-corrected chi connectivity index (χ4v) is 6.33. The fourth-order valence-electron chi connectivity index (χ4n) is 6.33. The highest BCUT2D eigenvalue weighted by Gasteiger charge is 2.25. The molecule has 0 aliphatic carbocycles. The third-order valence-corrected chi connectivity index (χ3v) is 9.48. The largest absolute Gasteiger partial charge is 0.452 e. The van der Waals surface area contributed by atoms with Gasteiger partial charge in [0.1, 0.15) is 12.7 Å². The van der Waals surface area contributed by atoms with Crippen molar-refractivity contribution in [3.63, 3.8) is 0 Å². The summed E-state index contributed by atoms with van der Waals surface area (Å²) >= 11 is 0. The molecule has 1 radical (unpaired) electrons. The molecule has 0 saturated carbocycles. The van der Waals surface area contributed by atoms with Crippen molar-refractivity contribution in [2.45, 2.75) is 206 Å². The maximum absolute atomic E-state index is 12.9. The van der Waals surface area contributed by atoms with Crippen LogP contribution in [0.1, 0.15) is 204 Å². The van der Waals surface area contributed by atoms with Gasteiger partial charge in [0, 0.05) is 6.42 Å². The highest BCUT2D eigenvalue weighted by molar-refractivity contribution is 5.89. The van der Waals surface area contributed by atoms with E-state index in [1.807, 2.05) is 18.2 Å². The Hall–Kier alpha value is -2.14. The van der Waals surface area contributed by atoms with E-state index in [1.54, 1.807) is 24.3 Å². The molecule has 1 aromatic rings. The van der Waals surface area contributed by atoms with Crippen LogP contribution in [0.25, 0.3) is 0 Å². The number of carbonyl (C=O) groups is 2. The number of allylic oxidation sites excluding steroid dienone is 1. The summed E-state index contributed by atoms with van der Waals surface area (Å²) in [7, 11) is 0. The molecule has 48 heavy (non-hydrogen) atoms. The van der Waals surface area contributed by atoms with E-state index in [2.05, 4.69) is 19.2 Å². The lowest BCUT2D eigenvalue weighted by atomic mass is 10.0. The molecule has 5 heteroatoms. The van der Waals surface area contributed by atoms with Crippen molar-refractivity contribution in [2.24, 2.45) is 0 Å². The van der Waals surface area contributed by atoms with E-state index >= 15 is 0 Å². The molecule has 1 N–H and O–H groups in total. The van der Waals surface area contributed by atoms with Crippen LogP contribution in [0.3, 0.4) is 0 Å². The Morgan fingerprint density at radius 3 is 1.46 bits per heavy atom. The first kappa shape index (κ1) is 43.9. The second-order valence-corrected chi connectivity index (χ2v) is 14.0. The number of benzene rings is 1. The van der Waals surface area contributed by atoms with E-state index in [1.165, 1.54) is 141 Å². The van der Waals surface area contributed by atoms with Crippen LogP contribution in [0, 0.1) is 0 Å². The first-order chi connectivity index (χ1) is 23.6. The van der Waals surface area contributed by atoms with Gasteiger partial charge in [-0.05, 0) is 37.5 Å². The van der Waals surface area contributed by atoms with Gasteiger partial charge < -0.3 is 10.1 Å². The predicted octanol–water partition coefficient (Wildman–Crippen LogP) is 12.6. The quantitative estimate of drug-likeness (QED) is 0.0451. The zero-order valence-corrected chi connectivity index (χ0v) is 31.3. The number of hydrogen-bond acceptors (Lipinski definition) is 3. The molecule has 0 aliphatic rings. The van der Waals surface area contributed by atoms with Crippen molar-refractivity contribution in [1.29, 1.82) is 0 Å². The fraction of sp³-hybridized carbons (Fsp3) is 0.767. The van der Waals surface area contributed by atoms with Crippen molar-refractivity contribution in [2.75, 3.05) is 6.61 Å². The summed E-state index contributed by atoms with van der Waals surface area (Å²) in [4.78, 5) is 25.6. The van der Waals surface area contributed by atoms with Gasteiger partial charge in [-0.25, -0.2) is 9.90 Å². The SMILES string of the molecule is CCCCCCCCCCCCCC=CC(OC(=O)c1ccccc1)C(C[O])NC(=O)CCCCCCCCCCCCCCCCC. The van der Waals surface area contributed by atoms with Crippen LogP contribution in [-0.4, -0.2) is 30.6 Å². The molecule has 0 saturated heterocycles. The number of esters is 1. The van der Waals surface area contributed by atoms with E-state index in [-0.39, 0.29) is 5.91 Å². The Morgan fingerprint density at radius 1 is 0.604 bits per heavy atom. The van der Waals surface area contributed by atoms with Gasteiger partial charge in [0.15, 0.2) is 0 Å². The number of carbonyl (C=O) groups excluding carboxylic acids is 2. The first-order valence-electron chi connectivity index (χ1n) is 20.4. The average molecular weight is 669 g/mol. The van der Waals surface area contributed by atoms with Crippen LogP contribution in [-0.2, 0) is 14.6 Å². The van der Waals surface area contributed by atoms with Crippen LogP contribution in [0.4, 0.5) is 0 Å². The summed E-state index contributed by atoms with van der Waals surface area (Å²) in [6.07, 6.45) is 37.8. The summed E-state index contributed by atoms with van der Waals surface area (Å²) in [6, 6.07) is 8.05. The second kappa shape index (κ2) is 33.4. The Bertz CT molecular complexity index is 886. The number of amides is 1. The molecule has 275 valence electrons. The minimum Gasteiger partial charge on any atom is -0.452 e. The average Bonchev–Trinajstić information content (AvgIpc) is 3.10. The summed E-state index contributed by atoms with van der Waals surface area (Å²) in [5, 5.41) is 15.1. The Balaban J connectivity index is 2.33. The standard InChI is InChI=1S/C43H74NO4/c1-3-5-7-9-11-13-15-17-18-20-22-24-26-28-33-37-42(46)44-40(38-45)41(48-43(47)39-34-30-29-31-35-39)36-32-27-25-23-21-19-16-14-12-10-8-6-4-2/h29-32,34-36,40-41H,3-28,33,37-38H2,1-2H3,(H,44,46). The third-order valence-electron chi connectivity index (χ3n) is 9.48. The number of unbranched alkanes of at least 4 members (excludes halogenated alkanes) is 25. The molecule has 0 bridgehead atoms. The number of rotatable bonds is 34. The highest BCUT2D eigenvalue weighted by Crippen LogP contribution is 2.16. The summed E-state index contributed by atoms with van der Waals surface area (Å²) < 4.78 is 5.79. The Labute approximate surface area is 296 Å². The van der Waals surface area contributed by atoms with E-state index < -0.39 is 24.7 Å². The number of hydrogen-bond donors (Lipinski definition) is 1. The van der Waals surface area contributed by atoms with Crippen molar-refractivity contribution in [3.05, 3.63) is 48.0 Å². The highest BCUT2D eigenvalue weighted by atomic mass is 16.5. The van der Waals surface area contributed by atoms with Gasteiger partial charge in [-0.15, -0.1) is 0 Å². The van der Waals surface area contributed by atoms with Gasteiger partial charge in [0.25, 0.3) is 0 Å². The van der Waals surface area contributed by atoms with E-state index in [4.69, 9.17) is 4.74 Å².